The first-order valence-electron chi connectivity index (χ1n) is 6.67. The van der Waals surface area contributed by atoms with Gasteiger partial charge in [-0.2, -0.15) is 4.98 Å². The molecule has 110 valence electrons. The molecule has 0 bridgehead atoms. The fourth-order valence-electron chi connectivity index (χ4n) is 2.41. The molecular weight excluding hydrogens is 264 g/mol. The maximum absolute atomic E-state index is 5.73. The highest BCUT2D eigenvalue weighted by Crippen LogP contribution is 2.24. The van der Waals surface area contributed by atoms with E-state index in [1.54, 1.807) is 0 Å². The second-order valence-electron chi connectivity index (χ2n) is 6.38. The highest BCUT2D eigenvalue weighted by molar-refractivity contribution is 5.85. The topological polar surface area (TPSA) is 68.2 Å². The first kappa shape index (κ1) is 16.4. The first-order chi connectivity index (χ1) is 8.40. The third kappa shape index (κ3) is 3.91. The van der Waals surface area contributed by atoms with Crippen molar-refractivity contribution in [2.45, 2.75) is 52.1 Å². The lowest BCUT2D eigenvalue weighted by molar-refractivity contribution is 0.217. The lowest BCUT2D eigenvalue weighted by Gasteiger charge is -2.18. The average molecular weight is 289 g/mol. The van der Waals surface area contributed by atoms with Crippen LogP contribution in [-0.4, -0.2) is 34.2 Å². The van der Waals surface area contributed by atoms with Crippen molar-refractivity contribution in [2.24, 2.45) is 11.7 Å². The Bertz CT molecular complexity index is 402. The predicted molar refractivity (Wildman–Crippen MR) is 77.3 cm³/mol. The molecule has 1 saturated heterocycles. The van der Waals surface area contributed by atoms with Crippen molar-refractivity contribution in [3.8, 4) is 0 Å². The zero-order chi connectivity index (χ0) is 13.3. The smallest absolute Gasteiger partial charge is 0.240 e. The zero-order valence-corrected chi connectivity index (χ0v) is 13.0. The Morgan fingerprint density at radius 3 is 2.58 bits per heavy atom. The van der Waals surface area contributed by atoms with Gasteiger partial charge < -0.3 is 10.3 Å². The van der Waals surface area contributed by atoms with Crippen molar-refractivity contribution in [1.29, 1.82) is 0 Å². The van der Waals surface area contributed by atoms with Gasteiger partial charge in [-0.15, -0.1) is 12.4 Å². The van der Waals surface area contributed by atoms with E-state index in [1.807, 2.05) is 0 Å². The van der Waals surface area contributed by atoms with E-state index in [2.05, 4.69) is 42.7 Å². The van der Waals surface area contributed by atoms with Gasteiger partial charge in [0, 0.05) is 18.0 Å². The number of aromatic nitrogens is 2. The number of nitrogens with two attached hydrogens (primary N) is 1. The highest BCUT2D eigenvalue weighted by Gasteiger charge is 2.30. The molecule has 1 aromatic heterocycles. The van der Waals surface area contributed by atoms with Crippen LogP contribution in [0.4, 0.5) is 0 Å². The van der Waals surface area contributed by atoms with E-state index in [0.29, 0.717) is 17.9 Å². The van der Waals surface area contributed by atoms with Gasteiger partial charge in [0.1, 0.15) is 0 Å². The molecule has 19 heavy (non-hydrogen) atoms. The number of hydrogen-bond donors (Lipinski definition) is 1. The maximum Gasteiger partial charge on any atom is 0.240 e. The van der Waals surface area contributed by atoms with Crippen LogP contribution in [0.3, 0.4) is 0 Å². The number of nitrogens with zero attached hydrogens (tertiary/aromatic N) is 3. The molecule has 2 atom stereocenters. The third-order valence-electron chi connectivity index (χ3n) is 3.60. The SMILES string of the molecule is CC1CC(CN)CN1Cc1nc(C(C)(C)C)no1.Cl. The van der Waals surface area contributed by atoms with E-state index < -0.39 is 0 Å². The molecule has 2 rings (SSSR count). The van der Waals surface area contributed by atoms with Gasteiger partial charge in [0.15, 0.2) is 5.82 Å². The van der Waals surface area contributed by atoms with Crippen LogP contribution < -0.4 is 5.73 Å². The molecule has 1 fully saturated rings. The van der Waals surface area contributed by atoms with E-state index in [1.165, 1.54) is 0 Å². The molecule has 2 heterocycles. The Balaban J connectivity index is 0.00000180. The molecule has 0 spiro atoms. The number of likely N-dealkylation sites (tertiary alicyclic amines) is 1. The third-order valence-corrected chi connectivity index (χ3v) is 3.60. The summed E-state index contributed by atoms with van der Waals surface area (Å²) in [4.78, 5) is 6.85. The van der Waals surface area contributed by atoms with E-state index >= 15 is 0 Å². The Morgan fingerprint density at radius 2 is 2.11 bits per heavy atom. The number of rotatable bonds is 3. The van der Waals surface area contributed by atoms with Crippen LogP contribution in [0.2, 0.25) is 0 Å². The van der Waals surface area contributed by atoms with Crippen molar-refractivity contribution in [2.75, 3.05) is 13.1 Å². The van der Waals surface area contributed by atoms with Crippen molar-refractivity contribution in [1.82, 2.24) is 15.0 Å². The fraction of sp³-hybridized carbons (Fsp3) is 0.846. The predicted octanol–water partition coefficient (Wildman–Crippen LogP) is 1.96. The normalized spacial score (nSPS) is 24.5. The van der Waals surface area contributed by atoms with Crippen molar-refractivity contribution >= 4 is 12.4 Å². The second kappa shape index (κ2) is 6.20. The molecule has 5 nitrogen and oxygen atoms in total. The van der Waals surface area contributed by atoms with E-state index in [-0.39, 0.29) is 17.8 Å². The van der Waals surface area contributed by atoms with Crippen molar-refractivity contribution in [3.63, 3.8) is 0 Å². The molecular formula is C13H25ClN4O. The first-order valence-corrected chi connectivity index (χ1v) is 6.67. The van der Waals surface area contributed by atoms with Crippen LogP contribution in [-0.2, 0) is 12.0 Å². The summed E-state index contributed by atoms with van der Waals surface area (Å²) in [5.74, 6) is 2.09. The van der Waals surface area contributed by atoms with Gasteiger partial charge in [0.2, 0.25) is 5.89 Å². The van der Waals surface area contributed by atoms with Crippen molar-refractivity contribution in [3.05, 3.63) is 11.7 Å². The summed E-state index contributed by atoms with van der Waals surface area (Å²) in [5.41, 5.74) is 5.68. The van der Waals surface area contributed by atoms with E-state index in [4.69, 9.17) is 10.3 Å². The summed E-state index contributed by atoms with van der Waals surface area (Å²) in [6, 6.07) is 0.545. The highest BCUT2D eigenvalue weighted by atomic mass is 35.5. The summed E-state index contributed by atoms with van der Waals surface area (Å²) in [6.45, 7) is 11.0. The molecule has 0 aliphatic carbocycles. The quantitative estimate of drug-likeness (QED) is 0.921. The van der Waals surface area contributed by atoms with Crippen LogP contribution in [0, 0.1) is 5.92 Å². The molecule has 1 aliphatic rings. The zero-order valence-electron chi connectivity index (χ0n) is 12.2. The molecule has 2 unspecified atom stereocenters. The summed E-state index contributed by atoms with van der Waals surface area (Å²) in [7, 11) is 0. The van der Waals surface area contributed by atoms with Crippen LogP contribution >= 0.6 is 12.4 Å². The van der Waals surface area contributed by atoms with Crippen LogP contribution in [0.25, 0.3) is 0 Å². The number of hydrogen-bond acceptors (Lipinski definition) is 5. The lowest BCUT2D eigenvalue weighted by Crippen LogP contribution is -2.27. The van der Waals surface area contributed by atoms with Gasteiger partial charge in [0.25, 0.3) is 0 Å². The molecule has 6 heteroatoms. The van der Waals surface area contributed by atoms with Gasteiger partial charge >= 0.3 is 0 Å². The van der Waals surface area contributed by atoms with E-state index in [9.17, 15) is 0 Å². The minimum Gasteiger partial charge on any atom is -0.338 e. The van der Waals surface area contributed by atoms with Gasteiger partial charge in [-0.3, -0.25) is 4.90 Å². The summed E-state index contributed by atoms with van der Waals surface area (Å²) in [5, 5.41) is 4.06. The Kier molecular flexibility index (Phi) is 5.35. The molecule has 0 amide bonds. The maximum atomic E-state index is 5.73. The largest absolute Gasteiger partial charge is 0.338 e. The van der Waals surface area contributed by atoms with Gasteiger partial charge in [-0.1, -0.05) is 25.9 Å². The standard InChI is InChI=1S/C13H24N4O.ClH/c1-9-5-10(6-14)7-17(9)8-11-15-12(16-18-11)13(2,3)4;/h9-10H,5-8,14H2,1-4H3;1H. The molecule has 2 N–H and O–H groups in total. The average Bonchev–Trinajstić information content (AvgIpc) is 2.86. The molecule has 0 radical (unpaired) electrons. The molecule has 1 aromatic rings. The fourth-order valence-corrected chi connectivity index (χ4v) is 2.41. The van der Waals surface area contributed by atoms with Crippen LogP contribution in [0.1, 0.15) is 45.8 Å². The molecule has 1 aliphatic heterocycles. The summed E-state index contributed by atoms with van der Waals surface area (Å²) < 4.78 is 5.34. The molecule has 0 saturated carbocycles. The second-order valence-corrected chi connectivity index (χ2v) is 6.38. The minimum atomic E-state index is -0.0574. The molecule has 0 aromatic carbocycles. The van der Waals surface area contributed by atoms with Crippen LogP contribution in [0.5, 0.6) is 0 Å². The Hall–Kier alpha value is -0.650. The monoisotopic (exact) mass is 288 g/mol. The number of halogens is 1. The minimum absolute atomic E-state index is 0. The van der Waals surface area contributed by atoms with Gasteiger partial charge in [0.05, 0.1) is 6.54 Å². The lowest BCUT2D eigenvalue weighted by atomic mass is 9.96. The van der Waals surface area contributed by atoms with Gasteiger partial charge in [-0.05, 0) is 25.8 Å². The Morgan fingerprint density at radius 1 is 1.42 bits per heavy atom. The van der Waals surface area contributed by atoms with Crippen LogP contribution in [0.15, 0.2) is 4.52 Å². The Labute approximate surface area is 121 Å². The summed E-state index contributed by atoms with van der Waals surface area (Å²) in [6.07, 6.45) is 1.16. The summed E-state index contributed by atoms with van der Waals surface area (Å²) >= 11 is 0. The van der Waals surface area contributed by atoms with Crippen molar-refractivity contribution < 1.29 is 4.52 Å². The van der Waals surface area contributed by atoms with E-state index in [0.717, 1.165) is 31.9 Å². The van der Waals surface area contributed by atoms with Gasteiger partial charge in [-0.25, -0.2) is 0 Å².